The predicted molar refractivity (Wildman–Crippen MR) is 75.4 cm³/mol. The molecular weight excluding hydrogens is 296 g/mol. The summed E-state index contributed by atoms with van der Waals surface area (Å²) in [4.78, 5) is 0. The van der Waals surface area contributed by atoms with E-state index in [1.54, 1.807) is 13.8 Å². The van der Waals surface area contributed by atoms with Crippen LogP contribution in [0, 0.1) is 29.4 Å². The van der Waals surface area contributed by atoms with Crippen molar-refractivity contribution in [2.75, 3.05) is 6.61 Å². The Morgan fingerprint density at radius 3 is 2.45 bits per heavy atom. The van der Waals surface area contributed by atoms with Gasteiger partial charge in [-0.25, -0.2) is 13.2 Å². The molecule has 122 valence electrons. The van der Waals surface area contributed by atoms with Crippen LogP contribution in [0.15, 0.2) is 12.1 Å². The fraction of sp³-hybridized carbons (Fsp3) is 0.647. The summed E-state index contributed by atoms with van der Waals surface area (Å²) in [5.74, 6) is -4.03. The first-order chi connectivity index (χ1) is 10.5. The van der Waals surface area contributed by atoms with E-state index in [1.165, 1.54) is 12.1 Å². The number of rotatable bonds is 3. The van der Waals surface area contributed by atoms with E-state index in [9.17, 15) is 17.6 Å². The molecule has 3 rings (SSSR count). The van der Waals surface area contributed by atoms with E-state index >= 15 is 0 Å². The maximum absolute atomic E-state index is 14.7. The monoisotopic (exact) mass is 316 g/mol. The topological polar surface area (TPSA) is 9.23 Å². The highest BCUT2D eigenvalue weighted by molar-refractivity contribution is 5.35. The van der Waals surface area contributed by atoms with Crippen molar-refractivity contribution in [2.45, 2.75) is 45.0 Å². The molecule has 1 aromatic carbocycles. The molecule has 0 heterocycles. The molecule has 0 bridgehead atoms. The summed E-state index contributed by atoms with van der Waals surface area (Å²) < 4.78 is 62.0. The van der Waals surface area contributed by atoms with Gasteiger partial charge in [0.2, 0.25) is 5.82 Å². The van der Waals surface area contributed by atoms with Crippen LogP contribution in [-0.4, -0.2) is 19.0 Å². The molecule has 2 aliphatic rings. The number of hydrogen-bond donors (Lipinski definition) is 0. The highest BCUT2D eigenvalue weighted by Gasteiger charge is 2.54. The van der Waals surface area contributed by atoms with E-state index in [-0.39, 0.29) is 29.8 Å². The van der Waals surface area contributed by atoms with E-state index in [2.05, 4.69) is 0 Å². The Kier molecular flexibility index (Phi) is 4.08. The summed E-state index contributed by atoms with van der Waals surface area (Å²) in [6, 6.07) is 2.70. The van der Waals surface area contributed by atoms with Gasteiger partial charge in [-0.1, -0.05) is 13.0 Å². The van der Waals surface area contributed by atoms with Crippen molar-refractivity contribution in [1.29, 1.82) is 0 Å². The predicted octanol–water partition coefficient (Wildman–Crippen LogP) is 4.80. The van der Waals surface area contributed by atoms with Crippen molar-refractivity contribution < 1.29 is 22.3 Å². The fourth-order valence-corrected chi connectivity index (χ4v) is 4.22. The zero-order valence-electron chi connectivity index (χ0n) is 12.7. The summed E-state index contributed by atoms with van der Waals surface area (Å²) in [6.45, 7) is 3.67. The smallest absolute Gasteiger partial charge is 0.200 e. The van der Waals surface area contributed by atoms with Crippen LogP contribution in [0.3, 0.4) is 0 Å². The number of benzene rings is 1. The minimum Gasteiger partial charge on any atom is -0.491 e. The second-order valence-electron chi connectivity index (χ2n) is 6.50. The molecule has 0 aromatic heterocycles. The molecule has 1 nitrogen and oxygen atoms in total. The largest absolute Gasteiger partial charge is 0.491 e. The van der Waals surface area contributed by atoms with E-state index in [1.807, 2.05) is 0 Å². The number of fused-ring (bicyclic) bond motifs is 1. The summed E-state index contributed by atoms with van der Waals surface area (Å²) in [5.41, 5.74) is 0.00251. The maximum Gasteiger partial charge on any atom is 0.200 e. The maximum atomic E-state index is 14.7. The molecule has 2 fully saturated rings. The summed E-state index contributed by atoms with van der Waals surface area (Å²) in [7, 11) is 0. The van der Waals surface area contributed by atoms with Gasteiger partial charge in [-0.3, -0.25) is 0 Å². The Labute approximate surface area is 127 Å². The van der Waals surface area contributed by atoms with Crippen molar-refractivity contribution in [3.63, 3.8) is 0 Å². The van der Waals surface area contributed by atoms with E-state index in [4.69, 9.17) is 4.74 Å². The third-order valence-electron chi connectivity index (χ3n) is 5.22. The molecule has 22 heavy (non-hydrogen) atoms. The molecule has 0 saturated heterocycles. The highest BCUT2D eigenvalue weighted by atomic mass is 19.2. The van der Waals surface area contributed by atoms with E-state index < -0.39 is 35.8 Å². The van der Waals surface area contributed by atoms with Gasteiger partial charge in [0.25, 0.3) is 0 Å². The average molecular weight is 316 g/mol. The van der Waals surface area contributed by atoms with Gasteiger partial charge >= 0.3 is 0 Å². The molecule has 0 aliphatic heterocycles. The highest BCUT2D eigenvalue weighted by Crippen LogP contribution is 2.55. The second kappa shape index (κ2) is 5.74. The second-order valence-corrected chi connectivity index (χ2v) is 6.50. The van der Waals surface area contributed by atoms with Crippen molar-refractivity contribution in [1.82, 2.24) is 0 Å². The quantitative estimate of drug-likeness (QED) is 0.728. The molecule has 0 amide bonds. The van der Waals surface area contributed by atoms with Crippen LogP contribution >= 0.6 is 0 Å². The van der Waals surface area contributed by atoms with Gasteiger partial charge in [0.05, 0.1) is 6.61 Å². The summed E-state index contributed by atoms with van der Waals surface area (Å²) in [5, 5.41) is 0. The number of alkyl halides is 2. The molecule has 6 unspecified atom stereocenters. The lowest BCUT2D eigenvalue weighted by Gasteiger charge is -2.21. The normalized spacial score (nSPS) is 37.4. The Bertz CT molecular complexity index is 562. The zero-order valence-corrected chi connectivity index (χ0v) is 12.7. The van der Waals surface area contributed by atoms with Crippen LogP contribution in [0.5, 0.6) is 5.75 Å². The minimum absolute atomic E-state index is 0.00251. The third kappa shape index (κ3) is 2.29. The molecule has 2 aliphatic carbocycles. The minimum atomic E-state index is -1.46. The van der Waals surface area contributed by atoms with Gasteiger partial charge in [0.15, 0.2) is 11.6 Å². The summed E-state index contributed by atoms with van der Waals surface area (Å²) in [6.07, 6.45) is -1.66. The van der Waals surface area contributed by atoms with Crippen molar-refractivity contribution >= 4 is 0 Å². The van der Waals surface area contributed by atoms with Crippen LogP contribution in [0.1, 0.15) is 38.2 Å². The Morgan fingerprint density at radius 2 is 1.82 bits per heavy atom. The van der Waals surface area contributed by atoms with Crippen LogP contribution in [0.25, 0.3) is 0 Å². The standard InChI is InChI=1S/C17H20F4O/c1-3-22-12-5-4-10(16(20)17(12)21)11-7-9-6-8(2)14(18)13(9)15(11)19/h4-5,8-9,11,13-15H,3,6-7H2,1-2H3. The van der Waals surface area contributed by atoms with Crippen LogP contribution in [0.4, 0.5) is 17.6 Å². The Hall–Kier alpha value is -1.26. The molecule has 5 heteroatoms. The molecule has 0 N–H and O–H groups in total. The lowest BCUT2D eigenvalue weighted by atomic mass is 9.90. The van der Waals surface area contributed by atoms with Gasteiger partial charge in [-0.15, -0.1) is 0 Å². The molecule has 1 aromatic rings. The molecule has 0 spiro atoms. The SMILES string of the molecule is CCOc1ccc(C2CC3CC(C)C(F)C3C2F)c(F)c1F. The zero-order chi connectivity index (χ0) is 16.0. The Balaban J connectivity index is 1.89. The fourth-order valence-electron chi connectivity index (χ4n) is 4.22. The van der Waals surface area contributed by atoms with Gasteiger partial charge in [-0.2, -0.15) is 4.39 Å². The van der Waals surface area contributed by atoms with Crippen LogP contribution < -0.4 is 4.74 Å². The lowest BCUT2D eigenvalue weighted by Crippen LogP contribution is -2.25. The third-order valence-corrected chi connectivity index (χ3v) is 5.22. The molecule has 0 radical (unpaired) electrons. The van der Waals surface area contributed by atoms with Crippen molar-refractivity contribution in [3.8, 4) is 5.75 Å². The van der Waals surface area contributed by atoms with Crippen LogP contribution in [-0.2, 0) is 0 Å². The Morgan fingerprint density at radius 1 is 1.09 bits per heavy atom. The van der Waals surface area contributed by atoms with Crippen molar-refractivity contribution in [2.24, 2.45) is 17.8 Å². The number of ether oxygens (including phenoxy) is 1. The first-order valence-electron chi connectivity index (χ1n) is 7.84. The molecule has 2 saturated carbocycles. The summed E-state index contributed by atoms with van der Waals surface area (Å²) >= 11 is 0. The first-order valence-corrected chi connectivity index (χ1v) is 7.84. The van der Waals surface area contributed by atoms with Gasteiger partial charge < -0.3 is 4.74 Å². The van der Waals surface area contributed by atoms with Gasteiger partial charge in [0.1, 0.15) is 12.3 Å². The average Bonchev–Trinajstić information content (AvgIpc) is 2.94. The van der Waals surface area contributed by atoms with Crippen LogP contribution in [0.2, 0.25) is 0 Å². The number of halogens is 4. The van der Waals surface area contributed by atoms with Gasteiger partial charge in [-0.05, 0) is 43.2 Å². The molecule has 6 atom stereocenters. The lowest BCUT2D eigenvalue weighted by molar-refractivity contribution is 0.131. The number of hydrogen-bond acceptors (Lipinski definition) is 1. The van der Waals surface area contributed by atoms with E-state index in [0.29, 0.717) is 12.8 Å². The van der Waals surface area contributed by atoms with Crippen molar-refractivity contribution in [3.05, 3.63) is 29.3 Å². The van der Waals surface area contributed by atoms with Gasteiger partial charge in [0, 0.05) is 11.8 Å². The first kappa shape index (κ1) is 15.6. The molecular formula is C17H20F4O. The van der Waals surface area contributed by atoms with E-state index in [0.717, 1.165) is 0 Å².